The van der Waals surface area contributed by atoms with Gasteiger partial charge in [0.1, 0.15) is 5.82 Å². The molecular weight excluding hydrogens is 375 g/mol. The van der Waals surface area contributed by atoms with E-state index in [-0.39, 0.29) is 24.6 Å². The van der Waals surface area contributed by atoms with E-state index < -0.39 is 29.7 Å². The van der Waals surface area contributed by atoms with Crippen molar-refractivity contribution in [3.63, 3.8) is 0 Å². The number of rotatable bonds is 5. The third kappa shape index (κ3) is 4.62. The Labute approximate surface area is 168 Å². The minimum Gasteiger partial charge on any atom is -0.452 e. The quantitative estimate of drug-likeness (QED) is 0.784. The zero-order chi connectivity index (χ0) is 21.1. The Kier molecular flexibility index (Phi) is 5.96. The number of hydrogen-bond donors (Lipinski definition) is 1. The third-order valence-electron chi connectivity index (χ3n) is 4.90. The summed E-state index contributed by atoms with van der Waals surface area (Å²) in [5.41, 5.74) is 2.75. The SMILES string of the molecule is Cc1ccc(NC(=O)[C@H](C)OC(=O)[C@@H]2CC(=O)N(c3ccccc3F)C2)c(C)c1. The van der Waals surface area contributed by atoms with Gasteiger partial charge in [-0.15, -0.1) is 0 Å². The van der Waals surface area contributed by atoms with E-state index in [0.29, 0.717) is 5.69 Å². The van der Waals surface area contributed by atoms with Crippen LogP contribution in [0.1, 0.15) is 24.5 Å². The number of esters is 1. The molecule has 0 radical (unpaired) electrons. The van der Waals surface area contributed by atoms with Crippen molar-refractivity contribution in [2.75, 3.05) is 16.8 Å². The first-order valence-corrected chi connectivity index (χ1v) is 9.39. The van der Waals surface area contributed by atoms with Crippen LogP contribution in [0.4, 0.5) is 15.8 Å². The van der Waals surface area contributed by atoms with Gasteiger partial charge >= 0.3 is 5.97 Å². The van der Waals surface area contributed by atoms with E-state index in [1.54, 1.807) is 12.1 Å². The van der Waals surface area contributed by atoms with Gasteiger partial charge in [-0.1, -0.05) is 29.8 Å². The molecule has 3 rings (SSSR count). The molecule has 152 valence electrons. The summed E-state index contributed by atoms with van der Waals surface area (Å²) < 4.78 is 19.2. The smallest absolute Gasteiger partial charge is 0.312 e. The fourth-order valence-corrected chi connectivity index (χ4v) is 3.28. The number of nitrogens with one attached hydrogen (secondary N) is 1. The lowest BCUT2D eigenvalue weighted by molar-refractivity contribution is -0.157. The number of carbonyl (C=O) groups excluding carboxylic acids is 3. The number of carbonyl (C=O) groups is 3. The number of halogens is 1. The van der Waals surface area contributed by atoms with Crippen molar-refractivity contribution in [3.05, 3.63) is 59.4 Å². The number of benzene rings is 2. The topological polar surface area (TPSA) is 75.7 Å². The minimum absolute atomic E-state index is 0.0179. The van der Waals surface area contributed by atoms with Gasteiger partial charge in [0.25, 0.3) is 5.91 Å². The van der Waals surface area contributed by atoms with Crippen LogP contribution in [-0.2, 0) is 19.1 Å². The van der Waals surface area contributed by atoms with Gasteiger partial charge in [0.05, 0.1) is 11.6 Å². The molecule has 2 aromatic carbocycles. The van der Waals surface area contributed by atoms with Crippen LogP contribution in [0.15, 0.2) is 42.5 Å². The number of nitrogens with zero attached hydrogens (tertiary/aromatic N) is 1. The van der Waals surface area contributed by atoms with Gasteiger partial charge in [0.2, 0.25) is 5.91 Å². The standard InChI is InChI=1S/C22H23FN2O4/c1-13-8-9-18(14(2)10-13)24-21(27)15(3)29-22(28)16-11-20(26)25(12-16)19-7-5-4-6-17(19)23/h4-10,15-16H,11-12H2,1-3H3,(H,24,27)/t15-,16+/m0/s1. The molecule has 0 aliphatic carbocycles. The van der Waals surface area contributed by atoms with Crippen molar-refractivity contribution in [1.29, 1.82) is 0 Å². The van der Waals surface area contributed by atoms with Crippen LogP contribution in [0.5, 0.6) is 0 Å². The fourth-order valence-electron chi connectivity index (χ4n) is 3.28. The number of para-hydroxylation sites is 1. The average Bonchev–Trinajstić information content (AvgIpc) is 3.06. The molecule has 2 atom stereocenters. The summed E-state index contributed by atoms with van der Waals surface area (Å²) in [5.74, 6) is -2.75. The summed E-state index contributed by atoms with van der Waals surface area (Å²) in [4.78, 5) is 38.3. The summed E-state index contributed by atoms with van der Waals surface area (Å²) in [5, 5.41) is 2.74. The second-order valence-electron chi connectivity index (χ2n) is 7.24. The second-order valence-corrected chi connectivity index (χ2v) is 7.24. The molecule has 0 saturated carbocycles. The molecule has 1 aliphatic rings. The highest BCUT2D eigenvalue weighted by Gasteiger charge is 2.38. The van der Waals surface area contributed by atoms with Crippen molar-refractivity contribution >= 4 is 29.2 Å². The molecule has 0 bridgehead atoms. The van der Waals surface area contributed by atoms with Crippen molar-refractivity contribution in [2.24, 2.45) is 5.92 Å². The Bertz CT molecular complexity index is 960. The molecule has 1 saturated heterocycles. The number of aryl methyl sites for hydroxylation is 2. The lowest BCUT2D eigenvalue weighted by Gasteiger charge is -2.18. The van der Waals surface area contributed by atoms with E-state index in [1.807, 2.05) is 26.0 Å². The van der Waals surface area contributed by atoms with E-state index in [0.717, 1.165) is 11.1 Å². The molecule has 1 heterocycles. The van der Waals surface area contributed by atoms with E-state index in [1.165, 1.54) is 30.0 Å². The highest BCUT2D eigenvalue weighted by atomic mass is 19.1. The zero-order valence-corrected chi connectivity index (χ0v) is 16.6. The van der Waals surface area contributed by atoms with E-state index in [4.69, 9.17) is 4.74 Å². The number of anilines is 2. The van der Waals surface area contributed by atoms with Gasteiger partial charge in [-0.3, -0.25) is 14.4 Å². The van der Waals surface area contributed by atoms with Crippen LogP contribution in [0, 0.1) is 25.6 Å². The summed E-state index contributed by atoms with van der Waals surface area (Å²) in [6, 6.07) is 11.5. The molecule has 1 fully saturated rings. The number of amides is 2. The lowest BCUT2D eigenvalue weighted by atomic mass is 10.1. The second kappa shape index (κ2) is 8.43. The van der Waals surface area contributed by atoms with E-state index in [2.05, 4.69) is 5.32 Å². The molecule has 6 nitrogen and oxygen atoms in total. The molecular formula is C22H23FN2O4. The van der Waals surface area contributed by atoms with Crippen LogP contribution >= 0.6 is 0 Å². The maximum absolute atomic E-state index is 14.0. The molecule has 7 heteroatoms. The van der Waals surface area contributed by atoms with Gasteiger partial charge in [0.15, 0.2) is 6.10 Å². The van der Waals surface area contributed by atoms with E-state index in [9.17, 15) is 18.8 Å². The Morgan fingerprint density at radius 3 is 2.62 bits per heavy atom. The maximum Gasteiger partial charge on any atom is 0.312 e. The van der Waals surface area contributed by atoms with Crippen LogP contribution in [0.2, 0.25) is 0 Å². The van der Waals surface area contributed by atoms with Crippen molar-refractivity contribution in [1.82, 2.24) is 0 Å². The van der Waals surface area contributed by atoms with Crippen LogP contribution < -0.4 is 10.2 Å². The zero-order valence-electron chi connectivity index (χ0n) is 16.6. The van der Waals surface area contributed by atoms with Crippen LogP contribution in [0.3, 0.4) is 0 Å². The fraction of sp³-hybridized carbons (Fsp3) is 0.318. The number of ether oxygens (including phenoxy) is 1. The van der Waals surface area contributed by atoms with Gasteiger partial charge in [-0.05, 0) is 44.5 Å². The first-order chi connectivity index (χ1) is 13.8. The van der Waals surface area contributed by atoms with Gasteiger partial charge in [-0.2, -0.15) is 0 Å². The Hall–Kier alpha value is -3.22. The first-order valence-electron chi connectivity index (χ1n) is 9.39. The molecule has 2 aromatic rings. The average molecular weight is 398 g/mol. The highest BCUT2D eigenvalue weighted by Crippen LogP contribution is 2.28. The number of hydrogen-bond acceptors (Lipinski definition) is 4. The Morgan fingerprint density at radius 1 is 1.21 bits per heavy atom. The molecule has 1 aliphatic heterocycles. The predicted octanol–water partition coefficient (Wildman–Crippen LogP) is 3.37. The Balaban J connectivity index is 1.60. The molecule has 0 spiro atoms. The highest BCUT2D eigenvalue weighted by molar-refractivity contribution is 6.00. The summed E-state index contributed by atoms with van der Waals surface area (Å²) in [7, 11) is 0. The van der Waals surface area contributed by atoms with Gasteiger partial charge in [0, 0.05) is 18.7 Å². The largest absolute Gasteiger partial charge is 0.452 e. The van der Waals surface area contributed by atoms with Crippen molar-refractivity contribution in [2.45, 2.75) is 33.3 Å². The third-order valence-corrected chi connectivity index (χ3v) is 4.90. The molecule has 29 heavy (non-hydrogen) atoms. The summed E-state index contributed by atoms with van der Waals surface area (Å²) >= 11 is 0. The normalized spacial score (nSPS) is 17.2. The predicted molar refractivity (Wildman–Crippen MR) is 107 cm³/mol. The maximum atomic E-state index is 14.0. The monoisotopic (exact) mass is 398 g/mol. The molecule has 1 N–H and O–H groups in total. The van der Waals surface area contributed by atoms with Gasteiger partial charge in [-0.25, -0.2) is 4.39 Å². The van der Waals surface area contributed by atoms with Crippen molar-refractivity contribution in [3.8, 4) is 0 Å². The Morgan fingerprint density at radius 2 is 1.93 bits per heavy atom. The van der Waals surface area contributed by atoms with Crippen LogP contribution in [0.25, 0.3) is 0 Å². The minimum atomic E-state index is -1.03. The van der Waals surface area contributed by atoms with Crippen molar-refractivity contribution < 1.29 is 23.5 Å². The lowest BCUT2D eigenvalue weighted by Crippen LogP contribution is -2.33. The summed E-state index contributed by atoms with van der Waals surface area (Å²) in [6.45, 7) is 5.32. The van der Waals surface area contributed by atoms with Gasteiger partial charge < -0.3 is 15.0 Å². The van der Waals surface area contributed by atoms with Crippen LogP contribution in [-0.4, -0.2) is 30.4 Å². The molecule has 0 unspecified atom stereocenters. The van der Waals surface area contributed by atoms with E-state index >= 15 is 0 Å². The molecule has 0 aromatic heterocycles. The molecule has 2 amide bonds. The summed E-state index contributed by atoms with van der Waals surface area (Å²) in [6.07, 6.45) is -1.11. The first kappa shape index (κ1) is 20.5.